The van der Waals surface area contributed by atoms with Crippen LogP contribution in [0.15, 0.2) is 84.0 Å². The second-order valence-electron chi connectivity index (χ2n) is 20.4. The van der Waals surface area contributed by atoms with Crippen molar-refractivity contribution < 1.29 is 28.2 Å². The van der Waals surface area contributed by atoms with Gasteiger partial charge in [0.2, 0.25) is 11.8 Å². The van der Waals surface area contributed by atoms with Gasteiger partial charge in [0.15, 0.2) is 0 Å². The Hall–Kier alpha value is -6.18. The molecule has 73 heavy (non-hydrogen) atoms. The summed E-state index contributed by atoms with van der Waals surface area (Å²) in [4.78, 5) is 76.0. The molecule has 386 valence electrons. The van der Waals surface area contributed by atoms with Gasteiger partial charge in [-0.3, -0.25) is 33.9 Å². The van der Waals surface area contributed by atoms with Gasteiger partial charge in [-0.05, 0) is 86.1 Å². The van der Waals surface area contributed by atoms with Gasteiger partial charge in [-0.25, -0.2) is 19.5 Å². The van der Waals surface area contributed by atoms with Crippen molar-refractivity contribution >= 4 is 28.5 Å². The van der Waals surface area contributed by atoms with Crippen LogP contribution in [0.25, 0.3) is 10.8 Å². The number of amides is 3. The van der Waals surface area contributed by atoms with E-state index in [0.29, 0.717) is 100 Å². The third-order valence-corrected chi connectivity index (χ3v) is 15.5. The first-order valence-electron chi connectivity index (χ1n) is 26.3. The zero-order valence-corrected chi connectivity index (χ0v) is 41.8. The minimum Gasteiger partial charge on any atom is -0.491 e. The predicted octanol–water partition coefficient (Wildman–Crippen LogP) is 3.87. The van der Waals surface area contributed by atoms with Crippen LogP contribution >= 0.6 is 0 Å². The summed E-state index contributed by atoms with van der Waals surface area (Å²) < 4.78 is 27.2. The van der Waals surface area contributed by atoms with Gasteiger partial charge in [0, 0.05) is 121 Å². The molecule has 3 amide bonds. The molecule has 2 aromatic heterocycles. The molecule has 0 spiro atoms. The van der Waals surface area contributed by atoms with E-state index < -0.39 is 11.7 Å². The molecule has 5 aliphatic heterocycles. The first-order valence-corrected chi connectivity index (χ1v) is 26.3. The van der Waals surface area contributed by atoms with Crippen LogP contribution in [-0.2, 0) is 33.8 Å². The van der Waals surface area contributed by atoms with Crippen LogP contribution in [0.2, 0.25) is 0 Å². The molecule has 3 aromatic carbocycles. The average molecular weight is 998 g/mol. The van der Waals surface area contributed by atoms with Crippen molar-refractivity contribution in [3.05, 3.63) is 129 Å². The lowest BCUT2D eigenvalue weighted by atomic mass is 9.90. The van der Waals surface area contributed by atoms with Gasteiger partial charge in [-0.2, -0.15) is 5.10 Å². The van der Waals surface area contributed by atoms with Gasteiger partial charge in [-0.15, -0.1) is 0 Å². The molecule has 17 nitrogen and oxygen atoms in total. The number of piperidine rings is 2. The highest BCUT2D eigenvalue weighted by atomic mass is 19.1. The van der Waals surface area contributed by atoms with Crippen molar-refractivity contribution in [3.8, 4) is 5.75 Å². The molecular formula is C55H68FN11O6. The first kappa shape index (κ1) is 50.4. The van der Waals surface area contributed by atoms with E-state index in [4.69, 9.17) is 9.47 Å². The Labute approximate surface area is 426 Å². The highest BCUT2D eigenvalue weighted by Gasteiger charge is 2.31. The van der Waals surface area contributed by atoms with E-state index >= 15 is 4.39 Å². The molecule has 0 bridgehead atoms. The van der Waals surface area contributed by atoms with Gasteiger partial charge >= 0.3 is 0 Å². The summed E-state index contributed by atoms with van der Waals surface area (Å²) in [5.41, 5.74) is 4.41. The van der Waals surface area contributed by atoms with Crippen molar-refractivity contribution in [2.24, 2.45) is 5.92 Å². The standard InChI is InChI=1S/C55H68FN11O6/c56-49-11-10-41(30-50-46-8-1-2-9-47(46)54(70)60-59-50)29-48(49)55(71)66-23-21-65(22-24-66)52(68)37-62-15-12-40(13-16-62)33-63-19-17-61(18-20-63)25-26-72-27-28-73-45-7-3-5-42(31-45)43-6-4-14-67(35-43)53(69)38-64-34-44-32-57-39-58-51(44)36-64/h1-3,5,7-11,29,31-32,39-40,43H,4,6,12-28,30,33-38H2,(H,60,70)/t43-/m0/s1. The molecular weight excluding hydrogens is 930 g/mol. The van der Waals surface area contributed by atoms with Gasteiger partial charge < -0.3 is 29.1 Å². The molecule has 5 aromatic rings. The zero-order valence-electron chi connectivity index (χ0n) is 41.8. The van der Waals surface area contributed by atoms with E-state index in [-0.39, 0.29) is 28.9 Å². The summed E-state index contributed by atoms with van der Waals surface area (Å²) in [6, 6.07) is 20.0. The number of fused-ring (bicyclic) bond motifs is 2. The Bertz CT molecular complexity index is 2750. The number of nitrogens with zero attached hydrogens (tertiary/aromatic N) is 10. The van der Waals surface area contributed by atoms with E-state index in [0.717, 1.165) is 115 Å². The average Bonchev–Trinajstić information content (AvgIpc) is 3.84. The van der Waals surface area contributed by atoms with Gasteiger partial charge in [0.1, 0.15) is 24.5 Å². The molecule has 0 aliphatic carbocycles. The number of benzene rings is 3. The number of carbonyl (C=O) groups excluding carboxylic acids is 3. The topological polar surface area (TPSA) is 164 Å². The van der Waals surface area contributed by atoms with Crippen molar-refractivity contribution in [1.29, 1.82) is 0 Å². The number of H-pyrrole nitrogens is 1. The summed E-state index contributed by atoms with van der Waals surface area (Å²) >= 11 is 0. The lowest BCUT2D eigenvalue weighted by Crippen LogP contribution is -2.53. The summed E-state index contributed by atoms with van der Waals surface area (Å²) in [6.45, 7) is 14.9. The highest BCUT2D eigenvalue weighted by Crippen LogP contribution is 2.30. The fraction of sp³-hybridized carbons (Fsp3) is 0.509. The number of piperazine rings is 2. The number of halogens is 1. The molecule has 7 heterocycles. The summed E-state index contributed by atoms with van der Waals surface area (Å²) in [7, 11) is 0. The molecule has 0 saturated carbocycles. The third-order valence-electron chi connectivity index (χ3n) is 15.5. The maximum atomic E-state index is 15.1. The summed E-state index contributed by atoms with van der Waals surface area (Å²) in [5, 5.41) is 8.02. The zero-order chi connectivity index (χ0) is 50.1. The maximum Gasteiger partial charge on any atom is 0.272 e. The van der Waals surface area contributed by atoms with Crippen LogP contribution in [-0.4, -0.2) is 197 Å². The molecule has 10 rings (SSSR count). The number of nitrogens with one attached hydrogen (secondary N) is 1. The fourth-order valence-electron chi connectivity index (χ4n) is 11.3. The van der Waals surface area contributed by atoms with E-state index in [2.05, 4.69) is 51.9 Å². The molecule has 1 atom stereocenters. The number of ether oxygens (including phenoxy) is 2. The van der Waals surface area contributed by atoms with E-state index in [1.54, 1.807) is 35.5 Å². The van der Waals surface area contributed by atoms with Crippen LogP contribution in [0.1, 0.15) is 70.0 Å². The monoisotopic (exact) mass is 998 g/mol. The fourth-order valence-corrected chi connectivity index (χ4v) is 11.3. The molecule has 4 saturated heterocycles. The van der Waals surface area contributed by atoms with Gasteiger partial charge in [-0.1, -0.05) is 36.4 Å². The number of carbonyl (C=O) groups is 3. The van der Waals surface area contributed by atoms with Crippen LogP contribution < -0.4 is 10.3 Å². The van der Waals surface area contributed by atoms with Crippen molar-refractivity contribution in [1.82, 2.24) is 54.5 Å². The SMILES string of the molecule is O=C(CN1CCC(CN2CCN(CCOCCOc3cccc([C@H]4CCCN(C(=O)CN5Cc6cncnc6C5)C4)c3)CC2)CC1)N1CCN(C(=O)c2cc(Cc3n[nH]c(=O)c4ccccc34)ccc2F)CC1. The normalized spacial score (nSPS) is 19.6. The number of aromatic nitrogens is 4. The largest absolute Gasteiger partial charge is 0.491 e. The summed E-state index contributed by atoms with van der Waals surface area (Å²) in [5.74, 6) is 1.01. The number of rotatable bonds is 17. The third kappa shape index (κ3) is 12.8. The Morgan fingerprint density at radius 1 is 0.712 bits per heavy atom. The molecule has 1 N–H and O–H groups in total. The van der Waals surface area contributed by atoms with Crippen LogP contribution in [0.3, 0.4) is 0 Å². The van der Waals surface area contributed by atoms with Crippen LogP contribution in [0.5, 0.6) is 5.75 Å². The Balaban J connectivity index is 0.570. The molecule has 4 fully saturated rings. The number of hydrogen-bond acceptors (Lipinski definition) is 13. The minimum atomic E-state index is -0.590. The number of likely N-dealkylation sites (tertiary alicyclic amines) is 2. The predicted molar refractivity (Wildman–Crippen MR) is 274 cm³/mol. The first-order chi connectivity index (χ1) is 35.7. The van der Waals surface area contributed by atoms with Gasteiger partial charge in [0.05, 0.1) is 48.6 Å². The van der Waals surface area contributed by atoms with E-state index in [9.17, 15) is 19.2 Å². The summed E-state index contributed by atoms with van der Waals surface area (Å²) in [6.07, 6.45) is 7.94. The Kier molecular flexibility index (Phi) is 16.4. The maximum absolute atomic E-state index is 15.1. The quantitative estimate of drug-likeness (QED) is 0.134. The van der Waals surface area contributed by atoms with E-state index in [1.807, 2.05) is 40.3 Å². The molecule has 0 radical (unpaired) electrons. The second kappa shape index (κ2) is 23.8. The number of aromatic amines is 1. The second-order valence-corrected chi connectivity index (χ2v) is 20.4. The van der Waals surface area contributed by atoms with Crippen molar-refractivity contribution in [2.75, 3.05) is 125 Å². The lowest BCUT2D eigenvalue weighted by molar-refractivity contribution is -0.134. The molecule has 5 aliphatic rings. The van der Waals surface area contributed by atoms with Gasteiger partial charge in [0.25, 0.3) is 11.5 Å². The molecule has 18 heteroatoms. The minimum absolute atomic E-state index is 0.00483. The highest BCUT2D eigenvalue weighted by molar-refractivity contribution is 5.95. The van der Waals surface area contributed by atoms with Crippen molar-refractivity contribution in [2.45, 2.75) is 51.1 Å². The molecule has 0 unspecified atom stereocenters. The Morgan fingerprint density at radius 2 is 1.48 bits per heavy atom. The van der Waals surface area contributed by atoms with Crippen LogP contribution in [0.4, 0.5) is 4.39 Å². The number of hydrogen-bond donors (Lipinski definition) is 1. The van der Waals surface area contributed by atoms with E-state index in [1.165, 1.54) is 11.6 Å². The lowest BCUT2D eigenvalue weighted by Gasteiger charge is -2.39. The van der Waals surface area contributed by atoms with Crippen LogP contribution in [0, 0.1) is 11.7 Å². The Morgan fingerprint density at radius 3 is 2.30 bits per heavy atom. The van der Waals surface area contributed by atoms with Crippen molar-refractivity contribution in [3.63, 3.8) is 0 Å². The smallest absolute Gasteiger partial charge is 0.272 e.